The van der Waals surface area contributed by atoms with Crippen molar-refractivity contribution in [3.05, 3.63) is 64.4 Å². The van der Waals surface area contributed by atoms with Gasteiger partial charge in [-0.3, -0.25) is 10.1 Å². The Morgan fingerprint density at radius 3 is 2.87 bits per heavy atom. The summed E-state index contributed by atoms with van der Waals surface area (Å²) in [6.07, 6.45) is 7.58. The standard InChI is InChI=1S/C11H10N2O2/c14-13(15)10-5-3-4-9(8-10)11-6-1-2-7-12-11/h1-8,11-12H. The van der Waals surface area contributed by atoms with Crippen molar-refractivity contribution in [3.63, 3.8) is 0 Å². The highest BCUT2D eigenvalue weighted by Gasteiger charge is 2.11. The Bertz CT molecular complexity index is 438. The molecule has 1 heterocycles. The van der Waals surface area contributed by atoms with Crippen molar-refractivity contribution in [1.29, 1.82) is 0 Å². The van der Waals surface area contributed by atoms with Crippen LogP contribution < -0.4 is 5.32 Å². The highest BCUT2D eigenvalue weighted by Crippen LogP contribution is 2.21. The molecule has 0 aliphatic carbocycles. The molecule has 1 aromatic rings. The average Bonchev–Trinajstić information content (AvgIpc) is 2.30. The maximum atomic E-state index is 10.6. The van der Waals surface area contributed by atoms with E-state index < -0.39 is 0 Å². The van der Waals surface area contributed by atoms with Crippen LogP contribution in [0.3, 0.4) is 0 Å². The van der Waals surface area contributed by atoms with Crippen molar-refractivity contribution in [2.75, 3.05) is 0 Å². The lowest BCUT2D eigenvalue weighted by Crippen LogP contribution is -2.14. The van der Waals surface area contributed by atoms with E-state index in [0.717, 1.165) is 5.56 Å². The first-order valence-electron chi connectivity index (χ1n) is 4.61. The molecule has 15 heavy (non-hydrogen) atoms. The number of nitrogens with one attached hydrogen (secondary N) is 1. The lowest BCUT2D eigenvalue weighted by Gasteiger charge is -2.15. The minimum Gasteiger partial charge on any atom is -0.381 e. The summed E-state index contributed by atoms with van der Waals surface area (Å²) in [5.74, 6) is 0. The van der Waals surface area contributed by atoms with Crippen LogP contribution in [0.15, 0.2) is 48.7 Å². The fourth-order valence-electron chi connectivity index (χ4n) is 1.48. The Morgan fingerprint density at radius 1 is 1.33 bits per heavy atom. The zero-order valence-corrected chi connectivity index (χ0v) is 7.96. The third-order valence-corrected chi connectivity index (χ3v) is 2.23. The first-order valence-corrected chi connectivity index (χ1v) is 4.61. The van der Waals surface area contributed by atoms with Crippen molar-refractivity contribution >= 4 is 5.69 Å². The van der Waals surface area contributed by atoms with Gasteiger partial charge in [-0.2, -0.15) is 0 Å². The lowest BCUT2D eigenvalue weighted by molar-refractivity contribution is -0.384. The lowest BCUT2D eigenvalue weighted by atomic mass is 10.0. The van der Waals surface area contributed by atoms with E-state index in [4.69, 9.17) is 0 Å². The van der Waals surface area contributed by atoms with Crippen molar-refractivity contribution < 1.29 is 4.92 Å². The number of hydrogen-bond acceptors (Lipinski definition) is 3. The zero-order chi connectivity index (χ0) is 10.7. The van der Waals surface area contributed by atoms with Gasteiger partial charge in [-0.15, -0.1) is 0 Å². The third kappa shape index (κ3) is 2.04. The fraction of sp³-hybridized carbons (Fsp3) is 0.0909. The van der Waals surface area contributed by atoms with Gasteiger partial charge in [-0.05, 0) is 17.8 Å². The molecule has 0 radical (unpaired) electrons. The summed E-state index contributed by atoms with van der Waals surface area (Å²) in [5.41, 5.74) is 1.02. The predicted molar refractivity (Wildman–Crippen MR) is 57.3 cm³/mol. The van der Waals surface area contributed by atoms with Gasteiger partial charge in [0.15, 0.2) is 0 Å². The molecule has 1 aliphatic heterocycles. The summed E-state index contributed by atoms with van der Waals surface area (Å²) in [7, 11) is 0. The number of benzene rings is 1. The first-order chi connectivity index (χ1) is 7.27. The highest BCUT2D eigenvalue weighted by atomic mass is 16.6. The van der Waals surface area contributed by atoms with Crippen LogP contribution in [0, 0.1) is 10.1 Å². The molecule has 0 aromatic heterocycles. The van der Waals surface area contributed by atoms with Gasteiger partial charge >= 0.3 is 0 Å². The predicted octanol–water partition coefficient (Wildman–Crippen LogP) is 2.31. The molecule has 4 nitrogen and oxygen atoms in total. The van der Waals surface area contributed by atoms with Crippen LogP contribution in [0.5, 0.6) is 0 Å². The molecule has 1 N–H and O–H groups in total. The van der Waals surface area contributed by atoms with E-state index in [1.807, 2.05) is 30.5 Å². The molecule has 1 aromatic carbocycles. The molecule has 2 rings (SSSR count). The molecule has 0 saturated carbocycles. The Morgan fingerprint density at radius 2 is 2.20 bits per heavy atom. The smallest absolute Gasteiger partial charge is 0.269 e. The zero-order valence-electron chi connectivity index (χ0n) is 7.96. The van der Waals surface area contributed by atoms with Gasteiger partial charge in [0.05, 0.1) is 11.0 Å². The van der Waals surface area contributed by atoms with Gasteiger partial charge in [0.1, 0.15) is 0 Å². The molecular formula is C11H10N2O2. The summed E-state index contributed by atoms with van der Waals surface area (Å²) in [6, 6.07) is 6.66. The first kappa shape index (κ1) is 9.45. The quantitative estimate of drug-likeness (QED) is 0.591. The van der Waals surface area contributed by atoms with Crippen molar-refractivity contribution in [1.82, 2.24) is 5.32 Å². The van der Waals surface area contributed by atoms with E-state index in [1.54, 1.807) is 12.1 Å². The number of non-ortho nitro benzene ring substituents is 1. The molecule has 1 unspecified atom stereocenters. The number of allylic oxidation sites excluding steroid dienone is 2. The summed E-state index contributed by atoms with van der Waals surface area (Å²) in [6.45, 7) is 0. The average molecular weight is 202 g/mol. The summed E-state index contributed by atoms with van der Waals surface area (Å²) < 4.78 is 0. The van der Waals surface area contributed by atoms with Crippen molar-refractivity contribution in [2.24, 2.45) is 0 Å². The van der Waals surface area contributed by atoms with Gasteiger partial charge in [-0.25, -0.2) is 0 Å². The Kier molecular flexibility index (Phi) is 2.49. The molecule has 0 amide bonds. The molecule has 1 atom stereocenters. The van der Waals surface area contributed by atoms with Crippen molar-refractivity contribution in [2.45, 2.75) is 6.04 Å². The van der Waals surface area contributed by atoms with E-state index in [1.165, 1.54) is 6.07 Å². The largest absolute Gasteiger partial charge is 0.381 e. The number of nitro groups is 1. The number of hydrogen-bond donors (Lipinski definition) is 1. The maximum absolute atomic E-state index is 10.6. The van der Waals surface area contributed by atoms with Crippen LogP contribution >= 0.6 is 0 Å². The Balaban J connectivity index is 2.28. The minimum atomic E-state index is -0.383. The second-order valence-corrected chi connectivity index (χ2v) is 3.24. The van der Waals surface area contributed by atoms with Crippen LogP contribution in [0.2, 0.25) is 0 Å². The van der Waals surface area contributed by atoms with Gasteiger partial charge < -0.3 is 5.32 Å². The Hall–Kier alpha value is -2.10. The van der Waals surface area contributed by atoms with Crippen LogP contribution in [0.4, 0.5) is 5.69 Å². The molecule has 0 bridgehead atoms. The van der Waals surface area contributed by atoms with E-state index in [-0.39, 0.29) is 16.7 Å². The highest BCUT2D eigenvalue weighted by molar-refractivity contribution is 5.38. The topological polar surface area (TPSA) is 55.2 Å². The maximum Gasteiger partial charge on any atom is 0.269 e. The summed E-state index contributed by atoms with van der Waals surface area (Å²) in [4.78, 5) is 10.2. The number of nitrogens with zero attached hydrogens (tertiary/aromatic N) is 1. The molecule has 0 fully saturated rings. The monoisotopic (exact) mass is 202 g/mol. The van der Waals surface area contributed by atoms with Crippen molar-refractivity contribution in [3.8, 4) is 0 Å². The van der Waals surface area contributed by atoms with Crippen LogP contribution in [0.1, 0.15) is 11.6 Å². The van der Waals surface area contributed by atoms with Gasteiger partial charge in [0.25, 0.3) is 5.69 Å². The molecular weight excluding hydrogens is 192 g/mol. The van der Waals surface area contributed by atoms with Gasteiger partial charge in [0.2, 0.25) is 0 Å². The van der Waals surface area contributed by atoms with Crippen LogP contribution in [0.25, 0.3) is 0 Å². The third-order valence-electron chi connectivity index (χ3n) is 2.23. The fourth-order valence-corrected chi connectivity index (χ4v) is 1.48. The Labute approximate surface area is 87.1 Å². The summed E-state index contributed by atoms with van der Waals surface area (Å²) >= 11 is 0. The van der Waals surface area contributed by atoms with Crippen LogP contribution in [-0.2, 0) is 0 Å². The van der Waals surface area contributed by atoms with E-state index in [9.17, 15) is 10.1 Å². The molecule has 1 aliphatic rings. The number of nitro benzene ring substituents is 1. The van der Waals surface area contributed by atoms with Gasteiger partial charge in [-0.1, -0.05) is 24.3 Å². The van der Waals surface area contributed by atoms with E-state index >= 15 is 0 Å². The van der Waals surface area contributed by atoms with Gasteiger partial charge in [0, 0.05) is 12.1 Å². The molecule has 76 valence electrons. The molecule has 0 saturated heterocycles. The number of dihydropyridines is 1. The number of rotatable bonds is 2. The SMILES string of the molecule is O=[N+]([O-])c1cccc(C2C=CC=CN2)c1. The van der Waals surface area contributed by atoms with Crippen LogP contribution in [-0.4, -0.2) is 4.92 Å². The van der Waals surface area contributed by atoms with E-state index in [0.29, 0.717) is 0 Å². The summed E-state index contributed by atoms with van der Waals surface area (Å²) in [5, 5.41) is 13.7. The second kappa shape index (κ2) is 3.96. The normalized spacial score (nSPS) is 18.5. The second-order valence-electron chi connectivity index (χ2n) is 3.24. The molecule has 0 spiro atoms. The molecule has 4 heteroatoms. The van der Waals surface area contributed by atoms with E-state index in [2.05, 4.69) is 5.32 Å². The minimum absolute atomic E-state index is 0.0231.